The van der Waals surface area contributed by atoms with E-state index in [-0.39, 0.29) is 6.61 Å². The molecule has 0 bridgehead atoms. The average Bonchev–Trinajstić information content (AvgIpc) is 2.29. The van der Waals surface area contributed by atoms with Crippen LogP contribution in [-0.4, -0.2) is 60.8 Å². The van der Waals surface area contributed by atoms with Gasteiger partial charge in [0, 0.05) is 19.1 Å². The van der Waals surface area contributed by atoms with Crippen molar-refractivity contribution >= 4 is 0 Å². The minimum atomic E-state index is 0.281. The molecule has 72 valence electrons. The largest absolute Gasteiger partial charge is 0.395 e. The van der Waals surface area contributed by atoms with Crippen LogP contribution >= 0.6 is 0 Å². The molecule has 12 heavy (non-hydrogen) atoms. The maximum atomic E-state index is 8.99. The Balaban J connectivity index is 2.35. The predicted molar refractivity (Wildman–Crippen MR) is 50.2 cm³/mol. The molecule has 0 radical (unpaired) electrons. The number of hydrogen-bond acceptors (Lipinski definition) is 3. The van der Waals surface area contributed by atoms with E-state index in [4.69, 9.17) is 5.11 Å². The van der Waals surface area contributed by atoms with E-state index in [0.29, 0.717) is 6.04 Å². The lowest BCUT2D eigenvalue weighted by molar-refractivity contribution is 0.138. The Labute approximate surface area is 75.0 Å². The maximum Gasteiger partial charge on any atom is 0.0584 e. The second-order valence-corrected chi connectivity index (χ2v) is 3.72. The smallest absolute Gasteiger partial charge is 0.0584 e. The minimum Gasteiger partial charge on any atom is -0.395 e. The molecule has 0 aromatic carbocycles. The van der Waals surface area contributed by atoms with Crippen LogP contribution < -0.4 is 0 Å². The minimum absolute atomic E-state index is 0.281. The van der Waals surface area contributed by atoms with E-state index in [1.165, 1.54) is 13.0 Å². The molecule has 1 saturated heterocycles. The molecule has 1 fully saturated rings. The molecule has 0 spiro atoms. The summed E-state index contributed by atoms with van der Waals surface area (Å²) in [7, 11) is 2.16. The van der Waals surface area contributed by atoms with Crippen molar-refractivity contribution in [3.8, 4) is 0 Å². The number of likely N-dealkylation sites (N-methyl/N-ethyl adjacent to an activating group) is 1. The van der Waals surface area contributed by atoms with Gasteiger partial charge in [0.15, 0.2) is 0 Å². The van der Waals surface area contributed by atoms with E-state index < -0.39 is 0 Å². The van der Waals surface area contributed by atoms with Crippen LogP contribution in [0.2, 0.25) is 0 Å². The van der Waals surface area contributed by atoms with Gasteiger partial charge in [-0.3, -0.25) is 4.90 Å². The average molecular weight is 172 g/mol. The third-order valence-electron chi connectivity index (χ3n) is 2.64. The van der Waals surface area contributed by atoms with E-state index >= 15 is 0 Å². The molecule has 1 atom stereocenters. The van der Waals surface area contributed by atoms with Gasteiger partial charge in [0.25, 0.3) is 0 Å². The van der Waals surface area contributed by atoms with Gasteiger partial charge in [-0.05, 0) is 33.5 Å². The molecule has 1 aliphatic rings. The fraction of sp³-hybridized carbons (Fsp3) is 1.00. The molecule has 1 aliphatic heterocycles. The Bertz CT molecular complexity index is 130. The lowest BCUT2D eigenvalue weighted by atomic mass is 10.3. The summed E-state index contributed by atoms with van der Waals surface area (Å²) in [6, 6.07) is 0.330. The highest BCUT2D eigenvalue weighted by atomic mass is 16.3. The van der Waals surface area contributed by atoms with E-state index in [1.54, 1.807) is 0 Å². The quantitative estimate of drug-likeness (QED) is 0.635. The molecule has 1 rings (SSSR count). The fourth-order valence-electron chi connectivity index (χ4n) is 1.62. The lowest BCUT2D eigenvalue weighted by Gasteiger charge is -2.25. The summed E-state index contributed by atoms with van der Waals surface area (Å²) in [5.74, 6) is 0. The molecular formula is C9H20N2O. The Morgan fingerprint density at radius 2 is 2.00 bits per heavy atom. The number of rotatable bonds is 2. The summed E-state index contributed by atoms with van der Waals surface area (Å²) >= 11 is 0. The maximum absolute atomic E-state index is 8.99. The first-order chi connectivity index (χ1) is 5.74. The van der Waals surface area contributed by atoms with E-state index in [0.717, 1.165) is 19.6 Å². The molecule has 0 aromatic rings. The summed E-state index contributed by atoms with van der Waals surface area (Å²) < 4.78 is 0. The zero-order valence-electron chi connectivity index (χ0n) is 8.16. The zero-order valence-corrected chi connectivity index (χ0v) is 8.16. The summed E-state index contributed by atoms with van der Waals surface area (Å²) in [6.07, 6.45) is 1.22. The van der Waals surface area contributed by atoms with Crippen molar-refractivity contribution in [3.05, 3.63) is 0 Å². The van der Waals surface area contributed by atoms with Gasteiger partial charge in [-0.2, -0.15) is 0 Å². The van der Waals surface area contributed by atoms with Gasteiger partial charge >= 0.3 is 0 Å². The third kappa shape index (κ3) is 2.73. The van der Waals surface area contributed by atoms with E-state index in [2.05, 4.69) is 23.8 Å². The Kier molecular flexibility index (Phi) is 3.98. The van der Waals surface area contributed by atoms with Crippen LogP contribution in [0.5, 0.6) is 0 Å². The Hall–Kier alpha value is -0.120. The molecule has 1 N–H and O–H groups in total. The van der Waals surface area contributed by atoms with Gasteiger partial charge < -0.3 is 10.0 Å². The summed E-state index contributed by atoms with van der Waals surface area (Å²) in [5.41, 5.74) is 0. The Morgan fingerprint density at radius 3 is 2.67 bits per heavy atom. The number of nitrogens with zero attached hydrogens (tertiary/aromatic N) is 2. The molecule has 1 heterocycles. The summed E-state index contributed by atoms with van der Waals surface area (Å²) in [6.45, 7) is 6.91. The first-order valence-electron chi connectivity index (χ1n) is 4.77. The van der Waals surface area contributed by atoms with Crippen LogP contribution in [0.3, 0.4) is 0 Å². The van der Waals surface area contributed by atoms with E-state index in [1.807, 2.05) is 0 Å². The summed E-state index contributed by atoms with van der Waals surface area (Å²) in [4.78, 5) is 4.72. The topological polar surface area (TPSA) is 26.7 Å². The van der Waals surface area contributed by atoms with Crippen molar-refractivity contribution < 1.29 is 5.11 Å². The second kappa shape index (κ2) is 4.80. The predicted octanol–water partition coefficient (Wildman–Crippen LogP) is 0.00470. The van der Waals surface area contributed by atoms with Gasteiger partial charge in [0.2, 0.25) is 0 Å². The SMILES string of the molecule is CC(CO)N1CCCN(C)CC1. The van der Waals surface area contributed by atoms with Crippen LogP contribution in [0.1, 0.15) is 13.3 Å². The molecule has 3 nitrogen and oxygen atoms in total. The van der Waals surface area contributed by atoms with Crippen molar-refractivity contribution in [3.63, 3.8) is 0 Å². The van der Waals surface area contributed by atoms with Crippen LogP contribution in [0.4, 0.5) is 0 Å². The summed E-state index contributed by atoms with van der Waals surface area (Å²) in [5, 5.41) is 8.99. The van der Waals surface area contributed by atoms with Gasteiger partial charge in [0.05, 0.1) is 6.61 Å². The second-order valence-electron chi connectivity index (χ2n) is 3.72. The molecule has 0 saturated carbocycles. The number of aliphatic hydroxyl groups excluding tert-OH is 1. The highest BCUT2D eigenvalue weighted by Crippen LogP contribution is 2.04. The third-order valence-corrected chi connectivity index (χ3v) is 2.64. The van der Waals surface area contributed by atoms with Crippen molar-refractivity contribution in [2.75, 3.05) is 39.8 Å². The van der Waals surface area contributed by atoms with Gasteiger partial charge in [-0.25, -0.2) is 0 Å². The van der Waals surface area contributed by atoms with Crippen molar-refractivity contribution in [1.29, 1.82) is 0 Å². The highest BCUT2D eigenvalue weighted by Gasteiger charge is 2.16. The molecule has 1 unspecified atom stereocenters. The standard InChI is InChI=1S/C9H20N2O/c1-9(8-12)11-5-3-4-10(2)6-7-11/h9,12H,3-8H2,1-2H3. The fourth-order valence-corrected chi connectivity index (χ4v) is 1.62. The Morgan fingerprint density at radius 1 is 1.25 bits per heavy atom. The monoisotopic (exact) mass is 172 g/mol. The van der Waals surface area contributed by atoms with Gasteiger partial charge in [-0.15, -0.1) is 0 Å². The van der Waals surface area contributed by atoms with Crippen molar-refractivity contribution in [2.45, 2.75) is 19.4 Å². The normalized spacial score (nSPS) is 25.2. The zero-order chi connectivity index (χ0) is 8.97. The first kappa shape index (κ1) is 9.96. The van der Waals surface area contributed by atoms with Crippen LogP contribution in [0.25, 0.3) is 0 Å². The number of hydrogen-bond donors (Lipinski definition) is 1. The first-order valence-corrected chi connectivity index (χ1v) is 4.77. The van der Waals surface area contributed by atoms with Crippen molar-refractivity contribution in [2.24, 2.45) is 0 Å². The molecule has 0 aliphatic carbocycles. The van der Waals surface area contributed by atoms with E-state index in [9.17, 15) is 0 Å². The lowest BCUT2D eigenvalue weighted by Crippen LogP contribution is -2.38. The highest BCUT2D eigenvalue weighted by molar-refractivity contribution is 4.71. The molecule has 0 amide bonds. The molecule has 0 aromatic heterocycles. The van der Waals surface area contributed by atoms with Crippen molar-refractivity contribution in [1.82, 2.24) is 9.80 Å². The number of aliphatic hydroxyl groups is 1. The van der Waals surface area contributed by atoms with Crippen LogP contribution in [-0.2, 0) is 0 Å². The molecular weight excluding hydrogens is 152 g/mol. The van der Waals surface area contributed by atoms with Crippen LogP contribution in [0.15, 0.2) is 0 Å². The van der Waals surface area contributed by atoms with Crippen LogP contribution in [0, 0.1) is 0 Å². The molecule has 3 heteroatoms. The van der Waals surface area contributed by atoms with Gasteiger partial charge in [0.1, 0.15) is 0 Å². The van der Waals surface area contributed by atoms with Gasteiger partial charge in [-0.1, -0.05) is 0 Å².